The standard InChI is InChI=1S/C10H16O7/c11-1-6-7(2-12)10(5-15,9(16)4-14)17-8(6)3-13/h7,11-15H,1-5H2. The van der Waals surface area contributed by atoms with Crippen LogP contribution in [-0.2, 0) is 9.53 Å². The normalized spacial score (nSPS) is 28.4. The van der Waals surface area contributed by atoms with Crippen molar-refractivity contribution in [3.05, 3.63) is 11.3 Å². The molecule has 0 aromatic rings. The maximum atomic E-state index is 11.6. The highest BCUT2D eigenvalue weighted by atomic mass is 16.5. The smallest absolute Gasteiger partial charge is 0.204 e. The van der Waals surface area contributed by atoms with E-state index in [1.165, 1.54) is 0 Å². The van der Waals surface area contributed by atoms with Crippen LogP contribution in [0.15, 0.2) is 11.3 Å². The Kier molecular flexibility index (Phi) is 4.61. The Balaban J connectivity index is 3.17. The molecule has 0 bridgehead atoms. The van der Waals surface area contributed by atoms with E-state index in [9.17, 15) is 15.0 Å². The molecule has 5 N–H and O–H groups in total. The van der Waals surface area contributed by atoms with E-state index in [-0.39, 0.29) is 11.3 Å². The van der Waals surface area contributed by atoms with Crippen LogP contribution in [0.5, 0.6) is 0 Å². The third kappa shape index (κ3) is 2.07. The molecule has 1 aliphatic heterocycles. The molecule has 0 fully saturated rings. The van der Waals surface area contributed by atoms with Gasteiger partial charge in [0.2, 0.25) is 11.4 Å². The van der Waals surface area contributed by atoms with Crippen LogP contribution in [0.3, 0.4) is 0 Å². The van der Waals surface area contributed by atoms with Gasteiger partial charge >= 0.3 is 0 Å². The second kappa shape index (κ2) is 5.56. The number of aliphatic hydroxyl groups is 5. The predicted molar refractivity (Wildman–Crippen MR) is 54.8 cm³/mol. The Morgan fingerprint density at radius 3 is 2.18 bits per heavy atom. The van der Waals surface area contributed by atoms with Gasteiger partial charge in [-0.05, 0) is 0 Å². The van der Waals surface area contributed by atoms with Crippen molar-refractivity contribution in [3.8, 4) is 0 Å². The summed E-state index contributed by atoms with van der Waals surface area (Å²) in [6.45, 7) is -3.25. The van der Waals surface area contributed by atoms with Gasteiger partial charge < -0.3 is 30.3 Å². The summed E-state index contributed by atoms with van der Waals surface area (Å²) in [5, 5.41) is 45.6. The minimum atomic E-state index is -1.82. The van der Waals surface area contributed by atoms with Crippen LogP contribution in [0, 0.1) is 5.92 Å². The van der Waals surface area contributed by atoms with Crippen LogP contribution < -0.4 is 0 Å². The van der Waals surface area contributed by atoms with Crippen LogP contribution in [0.25, 0.3) is 0 Å². The van der Waals surface area contributed by atoms with E-state index in [2.05, 4.69) is 0 Å². The number of ketones is 1. The molecule has 17 heavy (non-hydrogen) atoms. The Morgan fingerprint density at radius 1 is 1.18 bits per heavy atom. The van der Waals surface area contributed by atoms with Crippen molar-refractivity contribution in [2.24, 2.45) is 5.92 Å². The van der Waals surface area contributed by atoms with Gasteiger partial charge in [-0.3, -0.25) is 4.79 Å². The average molecular weight is 248 g/mol. The Morgan fingerprint density at radius 2 is 1.82 bits per heavy atom. The molecule has 0 aliphatic carbocycles. The zero-order valence-electron chi connectivity index (χ0n) is 9.17. The SMILES string of the molecule is O=C(CO)C1(CO)OC(CO)=C(CO)C1CO. The molecule has 1 rings (SSSR count). The zero-order valence-corrected chi connectivity index (χ0v) is 9.17. The van der Waals surface area contributed by atoms with Gasteiger partial charge in [-0.2, -0.15) is 0 Å². The van der Waals surface area contributed by atoms with E-state index >= 15 is 0 Å². The van der Waals surface area contributed by atoms with E-state index in [1.54, 1.807) is 0 Å². The number of ether oxygens (including phenoxy) is 1. The number of hydrogen-bond acceptors (Lipinski definition) is 7. The molecule has 0 aromatic carbocycles. The highest BCUT2D eigenvalue weighted by molar-refractivity contribution is 5.90. The van der Waals surface area contributed by atoms with Crippen molar-refractivity contribution in [1.29, 1.82) is 0 Å². The number of carbonyl (C=O) groups excluding carboxylic acids is 1. The minimum absolute atomic E-state index is 0.0533. The first-order valence-electron chi connectivity index (χ1n) is 5.09. The fourth-order valence-corrected chi connectivity index (χ4v) is 2.04. The number of aliphatic hydroxyl groups excluding tert-OH is 5. The van der Waals surface area contributed by atoms with E-state index in [0.717, 1.165) is 0 Å². The molecule has 2 unspecified atom stereocenters. The van der Waals surface area contributed by atoms with Crippen molar-refractivity contribution in [1.82, 2.24) is 0 Å². The number of carbonyl (C=O) groups is 1. The van der Waals surface area contributed by atoms with Crippen LogP contribution in [0.1, 0.15) is 0 Å². The molecule has 1 heterocycles. The van der Waals surface area contributed by atoms with Crippen molar-refractivity contribution in [3.63, 3.8) is 0 Å². The molecule has 98 valence electrons. The molecular weight excluding hydrogens is 232 g/mol. The van der Waals surface area contributed by atoms with E-state index < -0.39 is 50.3 Å². The van der Waals surface area contributed by atoms with Crippen LogP contribution >= 0.6 is 0 Å². The van der Waals surface area contributed by atoms with Gasteiger partial charge in [0.25, 0.3) is 0 Å². The molecule has 1 aliphatic rings. The number of Topliss-reactive ketones (excluding diaryl/α,β-unsaturated/α-hetero) is 1. The highest BCUT2D eigenvalue weighted by Gasteiger charge is 2.53. The summed E-state index contributed by atoms with van der Waals surface area (Å²) in [4.78, 5) is 11.6. The van der Waals surface area contributed by atoms with Crippen molar-refractivity contribution in [2.75, 3.05) is 33.0 Å². The Bertz CT molecular complexity index is 325. The lowest BCUT2D eigenvalue weighted by atomic mass is 9.81. The van der Waals surface area contributed by atoms with Gasteiger partial charge in [-0.1, -0.05) is 0 Å². The van der Waals surface area contributed by atoms with Gasteiger partial charge in [-0.15, -0.1) is 0 Å². The largest absolute Gasteiger partial charge is 0.478 e. The van der Waals surface area contributed by atoms with Gasteiger partial charge in [0.1, 0.15) is 19.0 Å². The van der Waals surface area contributed by atoms with E-state index in [1.807, 2.05) is 0 Å². The van der Waals surface area contributed by atoms with Crippen molar-refractivity contribution >= 4 is 5.78 Å². The number of hydrogen-bond donors (Lipinski definition) is 5. The summed E-state index contributed by atoms with van der Waals surface area (Å²) in [6, 6.07) is 0. The molecule has 7 heteroatoms. The molecule has 2 atom stereocenters. The van der Waals surface area contributed by atoms with Crippen LogP contribution in [0.2, 0.25) is 0 Å². The number of rotatable bonds is 6. The second-order valence-corrected chi connectivity index (χ2v) is 3.73. The van der Waals surface area contributed by atoms with Gasteiger partial charge in [-0.25, -0.2) is 0 Å². The fourth-order valence-electron chi connectivity index (χ4n) is 2.04. The molecular formula is C10H16O7. The lowest BCUT2D eigenvalue weighted by molar-refractivity contribution is -0.152. The molecule has 0 radical (unpaired) electrons. The average Bonchev–Trinajstić information content (AvgIpc) is 2.71. The minimum Gasteiger partial charge on any atom is -0.478 e. The maximum absolute atomic E-state index is 11.6. The lowest BCUT2D eigenvalue weighted by Crippen LogP contribution is -2.51. The Labute approximate surface area is 97.6 Å². The van der Waals surface area contributed by atoms with Crippen molar-refractivity contribution in [2.45, 2.75) is 5.60 Å². The molecule has 7 nitrogen and oxygen atoms in total. The van der Waals surface area contributed by atoms with Gasteiger partial charge in [0, 0.05) is 5.57 Å². The van der Waals surface area contributed by atoms with Crippen molar-refractivity contribution < 1.29 is 35.1 Å². The maximum Gasteiger partial charge on any atom is 0.204 e. The summed E-state index contributed by atoms with van der Waals surface area (Å²) in [5.74, 6) is -1.84. The quantitative estimate of drug-likeness (QED) is 0.342. The summed E-state index contributed by atoms with van der Waals surface area (Å²) < 4.78 is 5.16. The molecule has 0 amide bonds. The molecule has 0 saturated carbocycles. The molecule has 0 saturated heterocycles. The predicted octanol–water partition coefficient (Wildman–Crippen LogP) is -2.84. The Hall–Kier alpha value is -0.990. The van der Waals surface area contributed by atoms with E-state index in [0.29, 0.717) is 0 Å². The van der Waals surface area contributed by atoms with Gasteiger partial charge in [0.15, 0.2) is 0 Å². The van der Waals surface area contributed by atoms with E-state index in [4.69, 9.17) is 20.1 Å². The summed E-state index contributed by atoms with van der Waals surface area (Å²) in [5.41, 5.74) is -1.66. The fraction of sp³-hybridized carbons (Fsp3) is 0.700. The topological polar surface area (TPSA) is 127 Å². The summed E-state index contributed by atoms with van der Waals surface area (Å²) in [6.07, 6.45) is 0. The highest BCUT2D eigenvalue weighted by Crippen LogP contribution is 2.39. The second-order valence-electron chi connectivity index (χ2n) is 3.73. The first kappa shape index (κ1) is 14.1. The first-order chi connectivity index (χ1) is 8.11. The third-order valence-electron chi connectivity index (χ3n) is 2.99. The first-order valence-corrected chi connectivity index (χ1v) is 5.09. The van der Waals surface area contributed by atoms with Gasteiger partial charge in [0.05, 0.1) is 25.7 Å². The van der Waals surface area contributed by atoms with Crippen LogP contribution in [-0.4, -0.2) is 70.0 Å². The zero-order chi connectivity index (χ0) is 13.1. The molecule has 0 spiro atoms. The summed E-state index contributed by atoms with van der Waals surface area (Å²) >= 11 is 0. The molecule has 0 aromatic heterocycles. The lowest BCUT2D eigenvalue weighted by Gasteiger charge is -2.31. The third-order valence-corrected chi connectivity index (χ3v) is 2.99. The summed E-state index contributed by atoms with van der Waals surface area (Å²) in [7, 11) is 0. The van der Waals surface area contributed by atoms with Crippen LogP contribution in [0.4, 0.5) is 0 Å². The monoisotopic (exact) mass is 248 g/mol.